The highest BCUT2D eigenvalue weighted by atomic mass is 32.1. The largest absolute Gasteiger partial charge is 0.352 e. The van der Waals surface area contributed by atoms with Crippen LogP contribution in [-0.4, -0.2) is 37.0 Å². The Hall–Kier alpha value is -4.04. The maximum Gasteiger partial charge on any atom is 0.226 e. The van der Waals surface area contributed by atoms with Gasteiger partial charge in [0.15, 0.2) is 5.11 Å². The summed E-state index contributed by atoms with van der Waals surface area (Å²) in [6.07, 6.45) is 7.68. The van der Waals surface area contributed by atoms with Gasteiger partial charge >= 0.3 is 0 Å². The van der Waals surface area contributed by atoms with Crippen LogP contribution >= 0.6 is 12.2 Å². The Balaban J connectivity index is 1.43. The molecular weight excluding hydrogens is 456 g/mol. The van der Waals surface area contributed by atoms with Gasteiger partial charge in [0.05, 0.1) is 17.8 Å². The molecular formula is C27H26N6OS. The average Bonchev–Trinajstić information content (AvgIpc) is 3.48. The number of hydrogen-bond donors (Lipinski definition) is 2. The van der Waals surface area contributed by atoms with Crippen molar-refractivity contribution in [3.05, 3.63) is 108 Å². The molecule has 0 radical (unpaired) electrons. The van der Waals surface area contributed by atoms with E-state index in [1.807, 2.05) is 73.8 Å². The van der Waals surface area contributed by atoms with Crippen LogP contribution in [0.2, 0.25) is 0 Å². The van der Waals surface area contributed by atoms with E-state index in [1.54, 1.807) is 18.6 Å². The van der Waals surface area contributed by atoms with E-state index in [-0.39, 0.29) is 18.0 Å². The minimum atomic E-state index is -0.154. The van der Waals surface area contributed by atoms with Crippen LogP contribution in [0.4, 0.5) is 5.69 Å². The van der Waals surface area contributed by atoms with E-state index in [1.165, 1.54) is 0 Å². The predicted octanol–water partition coefficient (Wildman–Crippen LogP) is 4.58. The maximum absolute atomic E-state index is 12.8. The molecule has 1 fully saturated rings. The highest BCUT2D eigenvalue weighted by Gasteiger charge is 2.41. The molecule has 4 heterocycles. The first-order valence-electron chi connectivity index (χ1n) is 11.5. The zero-order valence-electron chi connectivity index (χ0n) is 19.3. The summed E-state index contributed by atoms with van der Waals surface area (Å²) in [6.45, 7) is 2.48. The molecule has 0 aliphatic carbocycles. The Bertz CT molecular complexity index is 1320. The van der Waals surface area contributed by atoms with E-state index < -0.39 is 0 Å². The lowest BCUT2D eigenvalue weighted by molar-refractivity contribution is -0.116. The third-order valence-corrected chi connectivity index (χ3v) is 6.46. The molecule has 3 aromatic heterocycles. The topological polar surface area (TPSA) is 75.1 Å². The number of anilines is 1. The van der Waals surface area contributed by atoms with E-state index in [9.17, 15) is 4.79 Å². The van der Waals surface area contributed by atoms with Crippen molar-refractivity contribution in [2.45, 2.75) is 25.4 Å². The lowest BCUT2D eigenvalue weighted by atomic mass is 10.0. The van der Waals surface area contributed by atoms with E-state index in [0.29, 0.717) is 18.1 Å². The normalized spacial score (nSPS) is 17.3. The van der Waals surface area contributed by atoms with Gasteiger partial charge < -0.3 is 20.1 Å². The van der Waals surface area contributed by atoms with Gasteiger partial charge in [-0.05, 0) is 73.2 Å². The van der Waals surface area contributed by atoms with Crippen molar-refractivity contribution in [1.82, 2.24) is 24.8 Å². The van der Waals surface area contributed by atoms with E-state index >= 15 is 0 Å². The number of rotatable bonds is 7. The lowest BCUT2D eigenvalue weighted by Gasteiger charge is -2.28. The smallest absolute Gasteiger partial charge is 0.226 e. The minimum Gasteiger partial charge on any atom is -0.352 e. The standard InChI is InChI=1S/C27H26N6OS/c1-19-6-4-7-20(18-19)30-24(34)12-17-33-26(25(31-27(33)35)22-8-2-3-13-29-22)23-9-5-16-32(23)21-10-14-28-15-11-21/h2-11,13-16,18,25-26H,12,17H2,1H3,(H,30,34)(H,31,35)/t25-,26+/m1/s1. The summed E-state index contributed by atoms with van der Waals surface area (Å²) in [5.41, 5.74) is 4.86. The summed E-state index contributed by atoms with van der Waals surface area (Å²) >= 11 is 5.76. The van der Waals surface area contributed by atoms with Gasteiger partial charge in [0, 0.05) is 54.8 Å². The van der Waals surface area contributed by atoms with Crippen molar-refractivity contribution < 1.29 is 4.79 Å². The van der Waals surface area contributed by atoms with Crippen LogP contribution < -0.4 is 10.6 Å². The molecule has 1 saturated heterocycles. The summed E-state index contributed by atoms with van der Waals surface area (Å²) in [5, 5.41) is 7.06. The number of nitrogens with one attached hydrogen (secondary N) is 2. The van der Waals surface area contributed by atoms with Crippen molar-refractivity contribution in [2.24, 2.45) is 0 Å². The van der Waals surface area contributed by atoms with Crippen LogP contribution in [0.3, 0.4) is 0 Å². The average molecular weight is 483 g/mol. The monoisotopic (exact) mass is 482 g/mol. The molecule has 1 aromatic carbocycles. The maximum atomic E-state index is 12.8. The number of carbonyl (C=O) groups excluding carboxylic acids is 1. The predicted molar refractivity (Wildman–Crippen MR) is 140 cm³/mol. The fraction of sp³-hybridized carbons (Fsp3) is 0.185. The molecule has 2 atom stereocenters. The first-order chi connectivity index (χ1) is 17.1. The Morgan fingerprint density at radius 3 is 2.69 bits per heavy atom. The Morgan fingerprint density at radius 2 is 1.91 bits per heavy atom. The molecule has 7 nitrogen and oxygen atoms in total. The molecule has 4 aromatic rings. The van der Waals surface area contributed by atoms with Gasteiger partial charge in [0.25, 0.3) is 0 Å². The molecule has 2 N–H and O–H groups in total. The van der Waals surface area contributed by atoms with Gasteiger partial charge in [0.1, 0.15) is 0 Å². The summed E-state index contributed by atoms with van der Waals surface area (Å²) in [7, 11) is 0. The minimum absolute atomic E-state index is 0.0528. The van der Waals surface area contributed by atoms with Crippen molar-refractivity contribution in [2.75, 3.05) is 11.9 Å². The number of hydrogen-bond acceptors (Lipinski definition) is 4. The van der Waals surface area contributed by atoms with Crippen molar-refractivity contribution in [1.29, 1.82) is 0 Å². The number of nitrogens with zero attached hydrogens (tertiary/aromatic N) is 4. The van der Waals surface area contributed by atoms with Crippen LogP contribution in [0, 0.1) is 6.92 Å². The number of aromatic nitrogens is 3. The number of thiocarbonyl (C=S) groups is 1. The first-order valence-corrected chi connectivity index (χ1v) is 11.9. The highest BCUT2D eigenvalue weighted by Crippen LogP contribution is 2.39. The second-order valence-corrected chi connectivity index (χ2v) is 8.88. The SMILES string of the molecule is Cc1cccc(NC(=O)CCN2C(=S)N[C@H](c3ccccn3)[C@@H]2c2cccn2-c2ccncc2)c1. The van der Waals surface area contributed by atoms with Gasteiger partial charge in [-0.15, -0.1) is 0 Å². The molecule has 35 heavy (non-hydrogen) atoms. The van der Waals surface area contributed by atoms with E-state index in [0.717, 1.165) is 28.3 Å². The van der Waals surface area contributed by atoms with Crippen molar-refractivity contribution in [3.63, 3.8) is 0 Å². The third-order valence-electron chi connectivity index (χ3n) is 6.10. The molecule has 5 rings (SSSR count). The molecule has 1 aliphatic heterocycles. The zero-order chi connectivity index (χ0) is 24.2. The molecule has 8 heteroatoms. The van der Waals surface area contributed by atoms with Gasteiger partial charge in [-0.25, -0.2) is 0 Å². The quantitative estimate of drug-likeness (QED) is 0.376. The molecule has 0 spiro atoms. The van der Waals surface area contributed by atoms with Crippen LogP contribution in [0.5, 0.6) is 0 Å². The molecule has 0 saturated carbocycles. The third kappa shape index (κ3) is 4.93. The number of amides is 1. The van der Waals surface area contributed by atoms with Gasteiger partial charge in [0.2, 0.25) is 5.91 Å². The fourth-order valence-corrected chi connectivity index (χ4v) is 4.84. The van der Waals surface area contributed by atoms with E-state index in [4.69, 9.17) is 12.2 Å². The lowest BCUT2D eigenvalue weighted by Crippen LogP contribution is -2.33. The summed E-state index contributed by atoms with van der Waals surface area (Å²) < 4.78 is 2.14. The number of carbonyl (C=O) groups is 1. The van der Waals surface area contributed by atoms with Crippen LogP contribution in [0.15, 0.2) is 91.5 Å². The highest BCUT2D eigenvalue weighted by molar-refractivity contribution is 7.80. The van der Waals surface area contributed by atoms with Gasteiger partial charge in [-0.3, -0.25) is 14.8 Å². The number of pyridine rings is 2. The summed E-state index contributed by atoms with van der Waals surface area (Å²) in [6, 6.07) is 21.4. The van der Waals surface area contributed by atoms with Crippen LogP contribution in [-0.2, 0) is 4.79 Å². The van der Waals surface area contributed by atoms with Gasteiger partial charge in [-0.2, -0.15) is 0 Å². The second-order valence-electron chi connectivity index (χ2n) is 8.50. The zero-order valence-corrected chi connectivity index (χ0v) is 20.2. The Kier molecular flexibility index (Phi) is 6.54. The Morgan fingerprint density at radius 1 is 1.06 bits per heavy atom. The van der Waals surface area contributed by atoms with Crippen molar-refractivity contribution >= 4 is 28.9 Å². The molecule has 1 aliphatic rings. The van der Waals surface area contributed by atoms with Gasteiger partial charge in [-0.1, -0.05) is 18.2 Å². The van der Waals surface area contributed by atoms with Crippen LogP contribution in [0.25, 0.3) is 5.69 Å². The summed E-state index contributed by atoms with van der Waals surface area (Å²) in [5.74, 6) is -0.0528. The first kappa shape index (κ1) is 22.7. The van der Waals surface area contributed by atoms with E-state index in [2.05, 4.69) is 36.1 Å². The Labute approximate surface area is 209 Å². The summed E-state index contributed by atoms with van der Waals surface area (Å²) in [4.78, 5) is 23.6. The molecule has 0 bridgehead atoms. The molecule has 0 unspecified atom stereocenters. The fourth-order valence-electron chi connectivity index (χ4n) is 4.51. The van der Waals surface area contributed by atoms with Crippen LogP contribution in [0.1, 0.15) is 35.5 Å². The van der Waals surface area contributed by atoms with Crippen molar-refractivity contribution in [3.8, 4) is 5.69 Å². The number of benzene rings is 1. The number of aryl methyl sites for hydroxylation is 1. The second kappa shape index (κ2) is 10.1. The molecule has 176 valence electrons. The molecule has 1 amide bonds.